The third-order valence-corrected chi connectivity index (χ3v) is 3.47. The summed E-state index contributed by atoms with van der Waals surface area (Å²) in [5.41, 5.74) is 1.31. The number of carbonyl (C=O) groups is 2. The fourth-order valence-electron chi connectivity index (χ4n) is 1.96. The number of fused-ring (bicyclic) bond motifs is 1. The minimum Gasteiger partial charge on any atom is -0.480 e. The van der Waals surface area contributed by atoms with E-state index < -0.39 is 17.9 Å². The molecule has 0 spiro atoms. The van der Waals surface area contributed by atoms with Gasteiger partial charge in [0, 0.05) is 13.2 Å². The van der Waals surface area contributed by atoms with Crippen LogP contribution in [0.25, 0.3) is 11.2 Å². The van der Waals surface area contributed by atoms with E-state index in [9.17, 15) is 14.7 Å². The Morgan fingerprint density at radius 2 is 2.19 bits per heavy atom. The lowest BCUT2D eigenvalue weighted by atomic mass is 9.99. The number of carboxylic acids is 1. The molecule has 0 aromatic carbocycles. The third kappa shape index (κ3) is 2.99. The van der Waals surface area contributed by atoms with Crippen LogP contribution in [0.1, 0.15) is 30.6 Å². The molecule has 0 aliphatic carbocycles. The summed E-state index contributed by atoms with van der Waals surface area (Å²) in [5.74, 6) is -1.70. The molecule has 21 heavy (non-hydrogen) atoms. The summed E-state index contributed by atoms with van der Waals surface area (Å²) < 4.78 is 1.50. The zero-order valence-electron chi connectivity index (χ0n) is 12.1. The number of pyridine rings is 1. The summed E-state index contributed by atoms with van der Waals surface area (Å²) in [6.07, 6.45) is 2.04. The maximum atomic E-state index is 12.2. The van der Waals surface area contributed by atoms with Crippen LogP contribution in [0.15, 0.2) is 12.3 Å². The number of nitrogens with zero attached hydrogens (tertiary/aromatic N) is 4. The number of aromatic nitrogens is 4. The van der Waals surface area contributed by atoms with Gasteiger partial charge in [0.25, 0.3) is 5.91 Å². The minimum absolute atomic E-state index is 0.167. The molecule has 8 heteroatoms. The molecule has 0 radical (unpaired) electrons. The molecule has 1 amide bonds. The second-order valence-corrected chi connectivity index (χ2v) is 4.95. The predicted molar refractivity (Wildman–Crippen MR) is 74.6 cm³/mol. The number of carboxylic acid groups (broad SMARTS) is 1. The lowest BCUT2D eigenvalue weighted by molar-refractivity contribution is -0.140. The van der Waals surface area contributed by atoms with Crippen LogP contribution < -0.4 is 5.32 Å². The molecule has 112 valence electrons. The van der Waals surface area contributed by atoms with Crippen molar-refractivity contribution in [2.75, 3.05) is 0 Å². The molecule has 0 fully saturated rings. The molecule has 2 atom stereocenters. The van der Waals surface area contributed by atoms with Gasteiger partial charge in [-0.15, -0.1) is 5.10 Å². The second kappa shape index (κ2) is 5.86. The van der Waals surface area contributed by atoms with Crippen molar-refractivity contribution in [2.45, 2.75) is 26.3 Å². The molecule has 2 aromatic heterocycles. The summed E-state index contributed by atoms with van der Waals surface area (Å²) in [7, 11) is 1.70. The van der Waals surface area contributed by atoms with E-state index in [1.807, 2.05) is 6.92 Å². The first-order valence-corrected chi connectivity index (χ1v) is 6.63. The van der Waals surface area contributed by atoms with Crippen LogP contribution in [0.4, 0.5) is 0 Å². The zero-order valence-corrected chi connectivity index (χ0v) is 12.1. The highest BCUT2D eigenvalue weighted by Gasteiger charge is 2.26. The molecule has 0 saturated carbocycles. The van der Waals surface area contributed by atoms with E-state index in [0.717, 1.165) is 0 Å². The van der Waals surface area contributed by atoms with Crippen molar-refractivity contribution in [3.8, 4) is 0 Å². The highest BCUT2D eigenvalue weighted by molar-refractivity contribution is 5.98. The van der Waals surface area contributed by atoms with E-state index in [0.29, 0.717) is 17.6 Å². The molecule has 0 aliphatic rings. The van der Waals surface area contributed by atoms with Crippen molar-refractivity contribution < 1.29 is 14.7 Å². The molecular weight excluding hydrogens is 274 g/mol. The SMILES string of the molecule is CC[C@H](C)[C@H](NC(=O)c1cnc2c(c1)nnn2C)C(=O)O. The Morgan fingerprint density at radius 3 is 2.81 bits per heavy atom. The second-order valence-electron chi connectivity index (χ2n) is 4.95. The van der Waals surface area contributed by atoms with Crippen molar-refractivity contribution in [1.82, 2.24) is 25.3 Å². The average Bonchev–Trinajstić information content (AvgIpc) is 2.84. The number of amides is 1. The Balaban J connectivity index is 2.22. The maximum Gasteiger partial charge on any atom is 0.326 e. The summed E-state index contributed by atoms with van der Waals surface area (Å²) >= 11 is 0. The number of carbonyl (C=O) groups excluding carboxylic acids is 1. The average molecular weight is 291 g/mol. The Morgan fingerprint density at radius 1 is 1.48 bits per heavy atom. The highest BCUT2D eigenvalue weighted by Crippen LogP contribution is 2.12. The standard InChI is InChI=1S/C13H17N5O3/c1-4-7(2)10(13(20)21)15-12(19)8-5-9-11(14-6-8)18(3)17-16-9/h5-7,10H,4H2,1-3H3,(H,15,19)(H,20,21)/t7-,10-/m0/s1. The summed E-state index contributed by atoms with van der Waals surface area (Å²) in [6, 6.07) is 0.611. The Labute approximate surface area is 121 Å². The van der Waals surface area contributed by atoms with Crippen LogP contribution in [0.3, 0.4) is 0 Å². The monoisotopic (exact) mass is 291 g/mol. The van der Waals surface area contributed by atoms with Gasteiger partial charge in [-0.1, -0.05) is 25.5 Å². The summed E-state index contributed by atoms with van der Waals surface area (Å²) in [4.78, 5) is 27.5. The fraction of sp³-hybridized carbons (Fsp3) is 0.462. The molecule has 2 heterocycles. The molecule has 2 aromatic rings. The van der Waals surface area contributed by atoms with E-state index in [-0.39, 0.29) is 11.5 Å². The zero-order chi connectivity index (χ0) is 15.6. The van der Waals surface area contributed by atoms with E-state index in [1.165, 1.54) is 10.9 Å². The van der Waals surface area contributed by atoms with E-state index in [1.54, 1.807) is 20.0 Å². The molecule has 0 unspecified atom stereocenters. The van der Waals surface area contributed by atoms with Gasteiger partial charge in [0.2, 0.25) is 0 Å². The number of rotatable bonds is 5. The van der Waals surface area contributed by atoms with Crippen LogP contribution in [-0.4, -0.2) is 43.0 Å². The maximum absolute atomic E-state index is 12.2. The fourth-order valence-corrected chi connectivity index (χ4v) is 1.96. The van der Waals surface area contributed by atoms with Crippen molar-refractivity contribution in [2.24, 2.45) is 13.0 Å². The Hall–Kier alpha value is -2.51. The number of aliphatic carboxylic acids is 1. The molecule has 0 bridgehead atoms. The first kappa shape index (κ1) is 14.9. The number of nitrogens with one attached hydrogen (secondary N) is 1. The third-order valence-electron chi connectivity index (χ3n) is 3.47. The van der Waals surface area contributed by atoms with Gasteiger partial charge in [-0.2, -0.15) is 0 Å². The van der Waals surface area contributed by atoms with Gasteiger partial charge in [0.1, 0.15) is 11.6 Å². The lowest BCUT2D eigenvalue weighted by Crippen LogP contribution is -2.45. The summed E-state index contributed by atoms with van der Waals surface area (Å²) in [5, 5.41) is 19.4. The van der Waals surface area contributed by atoms with Crippen molar-refractivity contribution in [3.05, 3.63) is 17.8 Å². The lowest BCUT2D eigenvalue weighted by Gasteiger charge is -2.19. The molecule has 2 N–H and O–H groups in total. The van der Waals surface area contributed by atoms with E-state index in [2.05, 4.69) is 20.6 Å². The highest BCUT2D eigenvalue weighted by atomic mass is 16.4. The van der Waals surface area contributed by atoms with Gasteiger partial charge in [-0.25, -0.2) is 14.5 Å². The smallest absolute Gasteiger partial charge is 0.326 e. The Kier molecular flexibility index (Phi) is 4.15. The van der Waals surface area contributed by atoms with Gasteiger partial charge in [0.05, 0.1) is 5.56 Å². The summed E-state index contributed by atoms with van der Waals surface area (Å²) in [6.45, 7) is 3.66. The van der Waals surface area contributed by atoms with Crippen LogP contribution in [0.5, 0.6) is 0 Å². The normalized spacial score (nSPS) is 13.9. The predicted octanol–water partition coefficient (Wildman–Crippen LogP) is 0.592. The number of hydrogen-bond acceptors (Lipinski definition) is 5. The van der Waals surface area contributed by atoms with Gasteiger partial charge in [0.15, 0.2) is 5.65 Å². The van der Waals surface area contributed by atoms with E-state index >= 15 is 0 Å². The van der Waals surface area contributed by atoms with Crippen molar-refractivity contribution >= 4 is 23.0 Å². The topological polar surface area (TPSA) is 110 Å². The van der Waals surface area contributed by atoms with Crippen LogP contribution in [-0.2, 0) is 11.8 Å². The number of aryl methyl sites for hydroxylation is 1. The van der Waals surface area contributed by atoms with E-state index in [4.69, 9.17) is 0 Å². The van der Waals surface area contributed by atoms with Crippen molar-refractivity contribution in [1.29, 1.82) is 0 Å². The quantitative estimate of drug-likeness (QED) is 0.834. The van der Waals surface area contributed by atoms with Crippen molar-refractivity contribution in [3.63, 3.8) is 0 Å². The first-order chi connectivity index (χ1) is 9.93. The van der Waals surface area contributed by atoms with Gasteiger partial charge in [-0.05, 0) is 12.0 Å². The first-order valence-electron chi connectivity index (χ1n) is 6.63. The van der Waals surface area contributed by atoms with Crippen LogP contribution >= 0.6 is 0 Å². The number of hydrogen-bond donors (Lipinski definition) is 2. The molecule has 0 aliphatic heterocycles. The molecule has 8 nitrogen and oxygen atoms in total. The van der Waals surface area contributed by atoms with Crippen LogP contribution in [0.2, 0.25) is 0 Å². The molecule has 0 saturated heterocycles. The Bertz CT molecular complexity index is 681. The molecule has 2 rings (SSSR count). The largest absolute Gasteiger partial charge is 0.480 e. The van der Waals surface area contributed by atoms with Gasteiger partial charge >= 0.3 is 5.97 Å². The van der Waals surface area contributed by atoms with Gasteiger partial charge < -0.3 is 10.4 Å². The van der Waals surface area contributed by atoms with Crippen LogP contribution in [0, 0.1) is 5.92 Å². The minimum atomic E-state index is -1.05. The van der Waals surface area contributed by atoms with Gasteiger partial charge in [-0.3, -0.25) is 4.79 Å². The molecular formula is C13H17N5O3.